The van der Waals surface area contributed by atoms with Crippen molar-refractivity contribution in [2.75, 3.05) is 6.54 Å². The molecule has 1 heterocycles. The van der Waals surface area contributed by atoms with Gasteiger partial charge in [0, 0.05) is 6.54 Å². The first-order valence-corrected chi connectivity index (χ1v) is 5.34. The lowest BCUT2D eigenvalue weighted by molar-refractivity contribution is -0.0317. The van der Waals surface area contributed by atoms with Crippen molar-refractivity contribution in [3.8, 4) is 0 Å². The predicted molar refractivity (Wildman–Crippen MR) is 56.2 cm³/mol. The fourth-order valence-corrected chi connectivity index (χ4v) is 1.77. The molecule has 0 bridgehead atoms. The summed E-state index contributed by atoms with van der Waals surface area (Å²) in [7, 11) is 0. The van der Waals surface area contributed by atoms with Crippen LogP contribution >= 0.6 is 0 Å². The summed E-state index contributed by atoms with van der Waals surface area (Å²) >= 11 is 0. The van der Waals surface area contributed by atoms with Gasteiger partial charge in [-0.05, 0) is 31.4 Å². The molecule has 1 saturated carbocycles. The fraction of sp³-hybridized carbons (Fsp3) is 0.545. The van der Waals surface area contributed by atoms with Crippen molar-refractivity contribution in [3.63, 3.8) is 0 Å². The van der Waals surface area contributed by atoms with E-state index in [0.717, 1.165) is 19.3 Å². The second-order valence-electron chi connectivity index (χ2n) is 4.25. The zero-order chi connectivity index (χ0) is 11.6. The first-order chi connectivity index (χ1) is 7.59. The van der Waals surface area contributed by atoms with Crippen molar-refractivity contribution in [2.24, 2.45) is 0 Å². The van der Waals surface area contributed by atoms with Gasteiger partial charge in [-0.3, -0.25) is 0 Å². The standard InChI is InChI=1S/C11H15NO4/c13-10(14)9-3-2-8(16-9)6-12-7-11(15)4-1-5-11/h2-3,12,15H,1,4-7H2,(H,13,14). The van der Waals surface area contributed by atoms with Gasteiger partial charge in [0.2, 0.25) is 5.76 Å². The van der Waals surface area contributed by atoms with Gasteiger partial charge in [0.1, 0.15) is 5.76 Å². The molecule has 1 aliphatic rings. The second-order valence-corrected chi connectivity index (χ2v) is 4.25. The van der Waals surface area contributed by atoms with Gasteiger partial charge in [-0.15, -0.1) is 0 Å². The van der Waals surface area contributed by atoms with Crippen molar-refractivity contribution in [1.29, 1.82) is 0 Å². The molecule has 0 amide bonds. The summed E-state index contributed by atoms with van der Waals surface area (Å²) in [6.45, 7) is 0.964. The molecule has 0 spiro atoms. The van der Waals surface area contributed by atoms with Gasteiger partial charge in [0.05, 0.1) is 12.1 Å². The van der Waals surface area contributed by atoms with E-state index in [0.29, 0.717) is 18.8 Å². The van der Waals surface area contributed by atoms with Gasteiger partial charge >= 0.3 is 5.97 Å². The normalized spacial score (nSPS) is 18.1. The number of carbonyl (C=O) groups is 1. The molecule has 3 N–H and O–H groups in total. The Bertz CT molecular complexity index is 381. The van der Waals surface area contributed by atoms with Crippen molar-refractivity contribution < 1.29 is 19.4 Å². The van der Waals surface area contributed by atoms with Crippen LogP contribution < -0.4 is 5.32 Å². The Balaban J connectivity index is 1.78. The number of carboxylic acid groups (broad SMARTS) is 1. The summed E-state index contributed by atoms with van der Waals surface area (Å²) in [6, 6.07) is 3.05. The van der Waals surface area contributed by atoms with Crippen molar-refractivity contribution in [2.45, 2.75) is 31.4 Å². The molecule has 2 rings (SSSR count). The van der Waals surface area contributed by atoms with Gasteiger partial charge in [-0.2, -0.15) is 0 Å². The number of aromatic carboxylic acids is 1. The Morgan fingerprint density at radius 3 is 2.75 bits per heavy atom. The summed E-state index contributed by atoms with van der Waals surface area (Å²) in [5, 5.41) is 21.5. The number of hydrogen-bond acceptors (Lipinski definition) is 4. The second kappa shape index (κ2) is 4.27. The molecule has 16 heavy (non-hydrogen) atoms. The highest BCUT2D eigenvalue weighted by Gasteiger charge is 2.33. The Hall–Kier alpha value is -1.33. The van der Waals surface area contributed by atoms with E-state index in [1.807, 2.05) is 0 Å². The fourth-order valence-electron chi connectivity index (χ4n) is 1.77. The lowest BCUT2D eigenvalue weighted by atomic mass is 9.80. The number of furan rings is 1. The number of rotatable bonds is 5. The maximum Gasteiger partial charge on any atom is 0.371 e. The maximum atomic E-state index is 10.5. The Labute approximate surface area is 93.1 Å². The van der Waals surface area contributed by atoms with Gasteiger partial charge in [0.15, 0.2) is 0 Å². The van der Waals surface area contributed by atoms with E-state index < -0.39 is 11.6 Å². The van der Waals surface area contributed by atoms with E-state index in [-0.39, 0.29) is 5.76 Å². The summed E-state index contributed by atoms with van der Waals surface area (Å²) < 4.78 is 5.07. The smallest absolute Gasteiger partial charge is 0.371 e. The van der Waals surface area contributed by atoms with Gasteiger partial charge in [0.25, 0.3) is 0 Å². The SMILES string of the molecule is O=C(O)c1ccc(CNCC2(O)CCC2)o1. The molecule has 0 radical (unpaired) electrons. The summed E-state index contributed by atoms with van der Waals surface area (Å²) in [6.07, 6.45) is 2.74. The highest BCUT2D eigenvalue weighted by molar-refractivity contribution is 5.84. The minimum Gasteiger partial charge on any atom is -0.475 e. The summed E-state index contributed by atoms with van der Waals surface area (Å²) in [4.78, 5) is 10.5. The van der Waals surface area contributed by atoms with Crippen molar-refractivity contribution in [1.82, 2.24) is 5.32 Å². The topological polar surface area (TPSA) is 82.7 Å². The Morgan fingerprint density at radius 2 is 2.25 bits per heavy atom. The van der Waals surface area contributed by atoms with Crippen LogP contribution in [0, 0.1) is 0 Å². The first-order valence-electron chi connectivity index (χ1n) is 5.34. The molecule has 1 aliphatic carbocycles. The molecule has 5 heteroatoms. The van der Waals surface area contributed by atoms with E-state index in [2.05, 4.69) is 5.32 Å². The van der Waals surface area contributed by atoms with E-state index >= 15 is 0 Å². The highest BCUT2D eigenvalue weighted by atomic mass is 16.4. The van der Waals surface area contributed by atoms with Crippen LogP contribution in [0.15, 0.2) is 16.5 Å². The van der Waals surface area contributed by atoms with Crippen LogP contribution in [0.2, 0.25) is 0 Å². The lowest BCUT2D eigenvalue weighted by Gasteiger charge is -2.36. The summed E-state index contributed by atoms with van der Waals surface area (Å²) in [5.41, 5.74) is -0.567. The number of aliphatic hydroxyl groups is 1. The molecule has 0 aromatic carbocycles. The number of carboxylic acids is 1. The van der Waals surface area contributed by atoms with Gasteiger partial charge in [-0.1, -0.05) is 0 Å². The molecule has 5 nitrogen and oxygen atoms in total. The molecular formula is C11H15NO4. The van der Waals surface area contributed by atoms with E-state index in [1.54, 1.807) is 6.07 Å². The average molecular weight is 225 g/mol. The summed E-state index contributed by atoms with van der Waals surface area (Å²) in [5.74, 6) is -0.552. The molecule has 0 atom stereocenters. The molecular weight excluding hydrogens is 210 g/mol. The van der Waals surface area contributed by atoms with Gasteiger partial charge in [-0.25, -0.2) is 4.79 Å². The Morgan fingerprint density at radius 1 is 1.50 bits per heavy atom. The van der Waals surface area contributed by atoms with Crippen LogP contribution in [0.1, 0.15) is 35.6 Å². The largest absolute Gasteiger partial charge is 0.475 e. The first kappa shape index (κ1) is 11.2. The van der Waals surface area contributed by atoms with Crippen LogP contribution in [0.3, 0.4) is 0 Å². The third-order valence-electron chi connectivity index (χ3n) is 2.91. The van der Waals surface area contributed by atoms with Crippen molar-refractivity contribution >= 4 is 5.97 Å². The Kier molecular flexibility index (Phi) is 2.98. The number of hydrogen-bond donors (Lipinski definition) is 3. The molecule has 0 saturated heterocycles. The minimum atomic E-state index is -1.07. The lowest BCUT2D eigenvalue weighted by Crippen LogP contribution is -2.45. The third kappa shape index (κ3) is 2.43. The van der Waals surface area contributed by atoms with Gasteiger partial charge < -0.3 is 19.9 Å². The molecule has 1 aromatic heterocycles. The maximum absolute atomic E-state index is 10.5. The molecule has 1 fully saturated rings. The van der Waals surface area contributed by atoms with Crippen LogP contribution in [0.4, 0.5) is 0 Å². The zero-order valence-electron chi connectivity index (χ0n) is 8.90. The monoisotopic (exact) mass is 225 g/mol. The van der Waals surface area contributed by atoms with E-state index in [4.69, 9.17) is 9.52 Å². The quantitative estimate of drug-likeness (QED) is 0.695. The van der Waals surface area contributed by atoms with Crippen molar-refractivity contribution in [3.05, 3.63) is 23.7 Å². The van der Waals surface area contributed by atoms with Crippen LogP contribution in [-0.4, -0.2) is 28.3 Å². The van der Waals surface area contributed by atoms with Crippen LogP contribution in [0.5, 0.6) is 0 Å². The average Bonchev–Trinajstić information content (AvgIpc) is 2.64. The van der Waals surface area contributed by atoms with E-state index in [1.165, 1.54) is 6.07 Å². The van der Waals surface area contributed by atoms with E-state index in [9.17, 15) is 9.90 Å². The van der Waals surface area contributed by atoms with Crippen LogP contribution in [0.25, 0.3) is 0 Å². The molecule has 0 unspecified atom stereocenters. The van der Waals surface area contributed by atoms with Crippen LogP contribution in [-0.2, 0) is 6.54 Å². The zero-order valence-corrected chi connectivity index (χ0v) is 8.90. The minimum absolute atomic E-state index is 0.0563. The molecule has 88 valence electrons. The highest BCUT2D eigenvalue weighted by Crippen LogP contribution is 2.30. The molecule has 0 aliphatic heterocycles. The predicted octanol–water partition coefficient (Wildman–Crippen LogP) is 0.982. The number of nitrogens with one attached hydrogen (secondary N) is 1. The third-order valence-corrected chi connectivity index (χ3v) is 2.91. The molecule has 1 aromatic rings.